The van der Waals surface area contributed by atoms with Crippen molar-refractivity contribution in [3.05, 3.63) is 0 Å². The predicted molar refractivity (Wildman–Crippen MR) is 434 cm³/mol. The normalized spacial score (nSPS) is 11.8. The third-order valence-corrected chi connectivity index (χ3v) is 22.5. The SMILES string of the molecule is O=C(O)CCCCCCCCCCCCCCCCCCCCCCCCCCCCCCCCCCCCCCCCCCCCCCCCCCCCCCCCCCCCCCCCCCCCCCCCCCNCCCCCCCCCCCCCCCCCO. The van der Waals surface area contributed by atoms with Gasteiger partial charge in [-0.15, -0.1) is 0 Å². The lowest BCUT2D eigenvalue weighted by molar-refractivity contribution is -0.137. The van der Waals surface area contributed by atoms with E-state index in [9.17, 15) is 4.79 Å². The maximum absolute atomic E-state index is 10.6. The molecule has 0 spiro atoms. The summed E-state index contributed by atoms with van der Waals surface area (Å²) in [6.45, 7) is 2.84. The van der Waals surface area contributed by atoms with E-state index in [1.165, 1.54) is 552 Å². The summed E-state index contributed by atoms with van der Waals surface area (Å²) in [7, 11) is 0. The molecule has 0 bridgehead atoms. The van der Waals surface area contributed by atoms with Gasteiger partial charge in [-0.3, -0.25) is 4.79 Å². The maximum Gasteiger partial charge on any atom is 0.303 e. The van der Waals surface area contributed by atoms with E-state index < -0.39 is 5.97 Å². The fraction of sp³-hybridized carbons (Fsp3) is 0.989. The van der Waals surface area contributed by atoms with Crippen LogP contribution < -0.4 is 5.32 Å². The van der Waals surface area contributed by atoms with Crippen molar-refractivity contribution in [2.45, 2.75) is 565 Å². The molecule has 0 aliphatic heterocycles. The van der Waals surface area contributed by atoms with Gasteiger partial charge in [0.15, 0.2) is 0 Å². The number of hydrogen-bond acceptors (Lipinski definition) is 3. The van der Waals surface area contributed by atoms with Crippen LogP contribution in [0.2, 0.25) is 0 Å². The summed E-state index contributed by atoms with van der Waals surface area (Å²) in [4.78, 5) is 10.6. The summed E-state index contributed by atoms with van der Waals surface area (Å²) in [5.41, 5.74) is 0. The molecule has 0 atom stereocenters. The van der Waals surface area contributed by atoms with Crippen molar-refractivity contribution in [2.75, 3.05) is 19.7 Å². The lowest BCUT2D eigenvalue weighted by Crippen LogP contribution is -2.16. The van der Waals surface area contributed by atoms with Crippen LogP contribution in [0.4, 0.5) is 0 Å². The molecular formula is C92H185NO3. The van der Waals surface area contributed by atoms with Crippen molar-refractivity contribution >= 4 is 5.97 Å². The van der Waals surface area contributed by atoms with Crippen molar-refractivity contribution in [3.63, 3.8) is 0 Å². The van der Waals surface area contributed by atoms with Gasteiger partial charge < -0.3 is 15.5 Å². The second-order valence-electron chi connectivity index (χ2n) is 32.4. The Morgan fingerprint density at radius 2 is 0.240 bits per heavy atom. The van der Waals surface area contributed by atoms with Gasteiger partial charge in [0.2, 0.25) is 0 Å². The number of carboxylic acids is 1. The van der Waals surface area contributed by atoms with E-state index in [0.717, 1.165) is 19.3 Å². The van der Waals surface area contributed by atoms with E-state index in [1.54, 1.807) is 0 Å². The highest BCUT2D eigenvalue weighted by molar-refractivity contribution is 5.66. The second kappa shape index (κ2) is 92.4. The van der Waals surface area contributed by atoms with Gasteiger partial charge in [0.1, 0.15) is 0 Å². The van der Waals surface area contributed by atoms with Gasteiger partial charge in [-0.25, -0.2) is 0 Å². The van der Waals surface area contributed by atoms with E-state index in [-0.39, 0.29) is 0 Å². The van der Waals surface area contributed by atoms with Gasteiger partial charge in [0, 0.05) is 13.0 Å². The molecule has 3 N–H and O–H groups in total. The van der Waals surface area contributed by atoms with Crippen LogP contribution in [0.3, 0.4) is 0 Å². The van der Waals surface area contributed by atoms with Crippen LogP contribution in [0.1, 0.15) is 565 Å². The highest BCUT2D eigenvalue weighted by atomic mass is 16.4. The third-order valence-electron chi connectivity index (χ3n) is 22.5. The standard InChI is InChI=1S/C92H185NO3/c94-91-87-83-79-75-71-67-63-59-62-66-70-74-78-82-86-90-93-89-85-81-77-73-69-65-61-58-56-54-52-50-48-46-44-42-40-38-36-34-32-30-28-26-24-22-20-18-16-14-12-10-8-6-4-2-1-3-5-7-9-11-13-15-17-19-21-23-25-27-29-31-33-35-37-39-41-43-45-47-49-51-53-55-57-60-64-68-72-76-80-84-88-92(95)96/h93-94H,1-91H2,(H,95,96). The molecule has 0 unspecified atom stereocenters. The topological polar surface area (TPSA) is 69.6 Å². The molecule has 0 rings (SSSR count). The van der Waals surface area contributed by atoms with Crippen molar-refractivity contribution in [1.82, 2.24) is 5.32 Å². The minimum Gasteiger partial charge on any atom is -0.481 e. The number of unbranched alkanes of at least 4 members (excludes halogenated alkanes) is 85. The van der Waals surface area contributed by atoms with Gasteiger partial charge in [-0.2, -0.15) is 0 Å². The lowest BCUT2D eigenvalue weighted by Gasteiger charge is -2.06. The van der Waals surface area contributed by atoms with Crippen LogP contribution in [0.5, 0.6) is 0 Å². The first-order chi connectivity index (χ1) is 47.8. The zero-order valence-corrected chi connectivity index (χ0v) is 66.6. The molecular weight excluding hydrogens is 1170 g/mol. The highest BCUT2D eigenvalue weighted by Gasteiger charge is 2.04. The van der Waals surface area contributed by atoms with Gasteiger partial charge >= 0.3 is 5.97 Å². The van der Waals surface area contributed by atoms with Crippen LogP contribution in [0.15, 0.2) is 0 Å². The Labute approximate surface area is 607 Å². The molecule has 4 heteroatoms. The van der Waals surface area contributed by atoms with Crippen LogP contribution in [0.25, 0.3) is 0 Å². The van der Waals surface area contributed by atoms with E-state index >= 15 is 0 Å². The van der Waals surface area contributed by atoms with Gasteiger partial charge in [0.25, 0.3) is 0 Å². The highest BCUT2D eigenvalue weighted by Crippen LogP contribution is 2.22. The van der Waals surface area contributed by atoms with Crippen LogP contribution >= 0.6 is 0 Å². The van der Waals surface area contributed by atoms with E-state index in [2.05, 4.69) is 5.32 Å². The molecule has 4 nitrogen and oxygen atoms in total. The van der Waals surface area contributed by atoms with Crippen LogP contribution in [-0.2, 0) is 4.79 Å². The minimum absolute atomic E-state index is 0.347. The minimum atomic E-state index is -0.645. The Bertz CT molecular complexity index is 1320. The first kappa shape index (κ1) is 95.4. The lowest BCUT2D eigenvalue weighted by atomic mass is 10.0. The molecule has 0 aliphatic rings. The molecule has 0 saturated heterocycles. The van der Waals surface area contributed by atoms with Gasteiger partial charge in [0.05, 0.1) is 0 Å². The average molecular weight is 1350 g/mol. The summed E-state index contributed by atoms with van der Waals surface area (Å²) in [5, 5.41) is 21.3. The second-order valence-corrected chi connectivity index (χ2v) is 32.4. The summed E-state index contributed by atoms with van der Waals surface area (Å²) >= 11 is 0. The predicted octanol–water partition coefficient (Wildman–Crippen LogP) is 33.0. The van der Waals surface area contributed by atoms with E-state index in [0.29, 0.717) is 13.0 Å². The number of aliphatic carboxylic acids is 1. The molecule has 0 aliphatic carbocycles. The Morgan fingerprint density at radius 3 is 0.344 bits per heavy atom. The third kappa shape index (κ3) is 93.4. The Morgan fingerprint density at radius 1 is 0.146 bits per heavy atom. The number of rotatable bonds is 92. The summed E-state index contributed by atoms with van der Waals surface area (Å²) in [6, 6.07) is 0. The molecule has 96 heavy (non-hydrogen) atoms. The van der Waals surface area contributed by atoms with Gasteiger partial charge in [-0.1, -0.05) is 533 Å². The summed E-state index contributed by atoms with van der Waals surface area (Å²) < 4.78 is 0. The Hall–Kier alpha value is -0.610. The monoisotopic (exact) mass is 1350 g/mol. The first-order valence-electron chi connectivity index (χ1n) is 46.3. The smallest absolute Gasteiger partial charge is 0.303 e. The van der Waals surface area contributed by atoms with Crippen LogP contribution in [0, 0.1) is 0 Å². The van der Waals surface area contributed by atoms with Gasteiger partial charge in [-0.05, 0) is 38.8 Å². The number of carbonyl (C=O) groups is 1. The first-order valence-corrected chi connectivity index (χ1v) is 46.3. The number of carboxylic acid groups (broad SMARTS) is 1. The maximum atomic E-state index is 10.6. The van der Waals surface area contributed by atoms with E-state index in [1.807, 2.05) is 0 Å². The average Bonchev–Trinajstić information content (AvgIpc) is 3.60. The number of nitrogens with one attached hydrogen (secondary N) is 1. The molecule has 0 aromatic heterocycles. The fourth-order valence-corrected chi connectivity index (χ4v) is 15.7. The van der Waals surface area contributed by atoms with E-state index in [4.69, 9.17) is 10.2 Å². The molecule has 0 saturated carbocycles. The summed E-state index contributed by atoms with van der Waals surface area (Å²) in [5.74, 6) is -0.645. The zero-order chi connectivity index (χ0) is 68.6. The summed E-state index contributed by atoms with van der Waals surface area (Å²) in [6.07, 6.45) is 126. The molecule has 0 aromatic rings. The largest absolute Gasteiger partial charge is 0.481 e. The molecule has 0 radical (unpaired) electrons. The molecule has 0 aromatic carbocycles. The number of hydrogen-bond donors (Lipinski definition) is 3. The Balaban J connectivity index is 3.09. The number of aliphatic hydroxyl groups excluding tert-OH is 1. The molecule has 576 valence electrons. The fourth-order valence-electron chi connectivity index (χ4n) is 15.7. The zero-order valence-electron chi connectivity index (χ0n) is 66.6. The quantitative estimate of drug-likeness (QED) is 0.0531. The van der Waals surface area contributed by atoms with Crippen molar-refractivity contribution in [3.8, 4) is 0 Å². The molecule has 0 fully saturated rings. The number of aliphatic hydroxyl groups is 1. The Kier molecular flexibility index (Phi) is 91.8. The van der Waals surface area contributed by atoms with Crippen LogP contribution in [-0.4, -0.2) is 35.9 Å². The van der Waals surface area contributed by atoms with Crippen molar-refractivity contribution < 1.29 is 15.0 Å². The molecule has 0 amide bonds. The molecule has 0 heterocycles. The van der Waals surface area contributed by atoms with Crippen molar-refractivity contribution in [1.29, 1.82) is 0 Å². The van der Waals surface area contributed by atoms with Crippen molar-refractivity contribution in [2.24, 2.45) is 0 Å².